The van der Waals surface area contributed by atoms with E-state index in [9.17, 15) is 4.79 Å². The van der Waals surface area contributed by atoms with E-state index in [0.29, 0.717) is 10.6 Å². The first-order chi connectivity index (χ1) is 8.70. The summed E-state index contributed by atoms with van der Waals surface area (Å²) in [6.45, 7) is 0. The van der Waals surface area contributed by atoms with E-state index < -0.39 is 0 Å². The highest BCUT2D eigenvalue weighted by Crippen LogP contribution is 2.23. The number of esters is 1. The van der Waals surface area contributed by atoms with Gasteiger partial charge in [0.05, 0.1) is 19.0 Å². The minimum atomic E-state index is -0.360. The van der Waals surface area contributed by atoms with Crippen molar-refractivity contribution in [2.45, 2.75) is 0 Å². The Morgan fingerprint density at radius 1 is 1.56 bits per heavy atom. The van der Waals surface area contributed by atoms with Crippen LogP contribution in [0, 0.1) is 0 Å². The molecule has 4 nitrogen and oxygen atoms in total. The molecule has 94 valence electrons. The van der Waals surface area contributed by atoms with Crippen LogP contribution in [0.15, 0.2) is 32.5 Å². The molecule has 18 heavy (non-hydrogen) atoms. The first-order valence-electron chi connectivity index (χ1n) is 4.89. The Labute approximate surface area is 120 Å². The van der Waals surface area contributed by atoms with Crippen LogP contribution in [0.25, 0.3) is 0 Å². The third-order valence-electron chi connectivity index (χ3n) is 2.00. The molecule has 0 unspecified atom stereocenters. The van der Waals surface area contributed by atoms with Crippen molar-refractivity contribution >= 4 is 56.5 Å². The number of hydrazone groups is 1. The lowest BCUT2D eigenvalue weighted by molar-refractivity contribution is 0.0607. The molecule has 0 aromatic carbocycles. The number of rotatable bonds is 4. The van der Waals surface area contributed by atoms with Gasteiger partial charge in [0, 0.05) is 14.7 Å². The van der Waals surface area contributed by atoms with Gasteiger partial charge in [-0.25, -0.2) is 4.79 Å². The minimum Gasteiger partial charge on any atom is -0.465 e. The van der Waals surface area contributed by atoms with Crippen molar-refractivity contribution in [2.24, 2.45) is 5.10 Å². The zero-order valence-electron chi connectivity index (χ0n) is 9.34. The zero-order chi connectivity index (χ0) is 13.0. The van der Waals surface area contributed by atoms with Gasteiger partial charge in [-0.3, -0.25) is 5.43 Å². The molecule has 0 spiro atoms. The third-order valence-corrected chi connectivity index (χ3v) is 4.52. The summed E-state index contributed by atoms with van der Waals surface area (Å²) in [4.78, 5) is 13.0. The van der Waals surface area contributed by atoms with E-state index in [-0.39, 0.29) is 5.97 Å². The van der Waals surface area contributed by atoms with Gasteiger partial charge in [-0.05, 0) is 33.4 Å². The monoisotopic (exact) mass is 344 g/mol. The van der Waals surface area contributed by atoms with Crippen LogP contribution in [0.5, 0.6) is 0 Å². The predicted molar refractivity (Wildman–Crippen MR) is 78.9 cm³/mol. The zero-order valence-corrected chi connectivity index (χ0v) is 12.6. The number of hydrogen-bond donors (Lipinski definition) is 1. The normalized spacial score (nSPS) is 10.8. The minimum absolute atomic E-state index is 0.360. The second-order valence-electron chi connectivity index (χ2n) is 3.19. The summed E-state index contributed by atoms with van der Waals surface area (Å²) in [5, 5.41) is 7.88. The van der Waals surface area contributed by atoms with E-state index >= 15 is 0 Å². The standard InChI is InChI=1S/C11H9BrN2O2S2/c1-16-11(15)10-9(2-3-17-10)14-13-5-8-4-7(12)6-18-8/h2-6,14H,1H3/b13-5+. The Bertz CT molecular complexity index is 577. The summed E-state index contributed by atoms with van der Waals surface area (Å²) in [6, 6.07) is 3.75. The number of carbonyl (C=O) groups is 1. The van der Waals surface area contributed by atoms with Crippen molar-refractivity contribution in [2.75, 3.05) is 12.5 Å². The van der Waals surface area contributed by atoms with Crippen LogP contribution in [0.3, 0.4) is 0 Å². The number of halogens is 1. The maximum atomic E-state index is 11.4. The van der Waals surface area contributed by atoms with Gasteiger partial charge < -0.3 is 4.74 Å². The van der Waals surface area contributed by atoms with E-state index in [1.54, 1.807) is 23.6 Å². The molecule has 2 aromatic rings. The van der Waals surface area contributed by atoms with Crippen LogP contribution in [-0.2, 0) is 4.74 Å². The molecule has 0 aliphatic heterocycles. The first kappa shape index (κ1) is 13.3. The number of thiophene rings is 2. The Balaban J connectivity index is 2.04. The predicted octanol–water partition coefficient (Wildman–Crippen LogP) is 3.80. The van der Waals surface area contributed by atoms with E-state index in [2.05, 4.69) is 31.2 Å². The number of carbonyl (C=O) groups excluding carboxylic acids is 1. The smallest absolute Gasteiger partial charge is 0.350 e. The van der Waals surface area contributed by atoms with Crippen molar-refractivity contribution in [1.29, 1.82) is 0 Å². The molecule has 0 atom stereocenters. The average molecular weight is 345 g/mol. The third kappa shape index (κ3) is 3.18. The van der Waals surface area contributed by atoms with Gasteiger partial charge >= 0.3 is 5.97 Å². The van der Waals surface area contributed by atoms with E-state index in [1.807, 2.05) is 16.8 Å². The molecule has 2 aromatic heterocycles. The maximum Gasteiger partial charge on any atom is 0.350 e. The van der Waals surface area contributed by atoms with Gasteiger partial charge in [0.15, 0.2) is 0 Å². The fourth-order valence-corrected chi connectivity index (χ4v) is 3.27. The highest BCUT2D eigenvalue weighted by atomic mass is 79.9. The maximum absolute atomic E-state index is 11.4. The molecule has 0 saturated carbocycles. The molecule has 0 fully saturated rings. The Morgan fingerprint density at radius 2 is 2.39 bits per heavy atom. The number of anilines is 1. The van der Waals surface area contributed by atoms with Crippen LogP contribution < -0.4 is 5.43 Å². The molecule has 2 heterocycles. The second-order valence-corrected chi connectivity index (χ2v) is 5.97. The molecule has 0 bridgehead atoms. The number of ether oxygens (including phenoxy) is 1. The molecule has 0 aliphatic carbocycles. The lowest BCUT2D eigenvalue weighted by Gasteiger charge is -2.00. The van der Waals surface area contributed by atoms with E-state index in [4.69, 9.17) is 0 Å². The highest BCUT2D eigenvalue weighted by Gasteiger charge is 2.12. The van der Waals surface area contributed by atoms with Gasteiger partial charge in [-0.1, -0.05) is 0 Å². The number of methoxy groups -OCH3 is 1. The number of hydrogen-bond acceptors (Lipinski definition) is 6. The first-order valence-corrected chi connectivity index (χ1v) is 7.45. The summed E-state index contributed by atoms with van der Waals surface area (Å²) in [5.74, 6) is -0.360. The van der Waals surface area contributed by atoms with Gasteiger partial charge in [-0.2, -0.15) is 5.10 Å². The molecule has 1 N–H and O–H groups in total. The Kier molecular flexibility index (Phi) is 4.51. The summed E-state index contributed by atoms with van der Waals surface area (Å²) in [5.41, 5.74) is 3.49. The van der Waals surface area contributed by atoms with Gasteiger partial charge in [0.25, 0.3) is 0 Å². The van der Waals surface area contributed by atoms with Gasteiger partial charge in [0.1, 0.15) is 4.88 Å². The van der Waals surface area contributed by atoms with Crippen molar-refractivity contribution < 1.29 is 9.53 Å². The second kappa shape index (κ2) is 6.12. The van der Waals surface area contributed by atoms with E-state index in [1.165, 1.54) is 18.4 Å². The Hall–Kier alpha value is -1.18. The van der Waals surface area contributed by atoms with Gasteiger partial charge in [-0.15, -0.1) is 22.7 Å². The Morgan fingerprint density at radius 3 is 3.06 bits per heavy atom. The quantitative estimate of drug-likeness (QED) is 0.521. The molecule has 2 rings (SSSR count). The summed E-state index contributed by atoms with van der Waals surface area (Å²) >= 11 is 6.26. The van der Waals surface area contributed by atoms with Crippen LogP contribution >= 0.6 is 38.6 Å². The van der Waals surface area contributed by atoms with E-state index in [0.717, 1.165) is 9.35 Å². The molecular weight excluding hydrogens is 336 g/mol. The van der Waals surface area contributed by atoms with Crippen molar-refractivity contribution in [3.8, 4) is 0 Å². The van der Waals surface area contributed by atoms with Crippen LogP contribution in [0.4, 0.5) is 5.69 Å². The average Bonchev–Trinajstić information content (AvgIpc) is 2.98. The van der Waals surface area contributed by atoms with Crippen LogP contribution in [-0.4, -0.2) is 19.3 Å². The number of nitrogens with one attached hydrogen (secondary N) is 1. The summed E-state index contributed by atoms with van der Waals surface area (Å²) < 4.78 is 5.71. The topological polar surface area (TPSA) is 50.7 Å². The summed E-state index contributed by atoms with van der Waals surface area (Å²) in [6.07, 6.45) is 1.70. The fraction of sp³-hybridized carbons (Fsp3) is 0.0909. The molecular formula is C11H9BrN2O2S2. The van der Waals surface area contributed by atoms with Crippen molar-refractivity contribution in [1.82, 2.24) is 0 Å². The largest absolute Gasteiger partial charge is 0.465 e. The SMILES string of the molecule is COC(=O)c1sccc1N/N=C/c1cc(Br)cs1. The van der Waals surface area contributed by atoms with Crippen LogP contribution in [0.1, 0.15) is 14.5 Å². The number of nitrogens with zero attached hydrogens (tertiary/aromatic N) is 1. The molecule has 0 amide bonds. The fourth-order valence-electron chi connectivity index (χ4n) is 1.21. The van der Waals surface area contributed by atoms with Crippen molar-refractivity contribution in [3.63, 3.8) is 0 Å². The molecule has 0 aliphatic rings. The highest BCUT2D eigenvalue weighted by molar-refractivity contribution is 9.10. The molecule has 0 saturated heterocycles. The molecule has 7 heteroatoms. The summed E-state index contributed by atoms with van der Waals surface area (Å²) in [7, 11) is 1.36. The van der Waals surface area contributed by atoms with Crippen LogP contribution in [0.2, 0.25) is 0 Å². The lowest BCUT2D eigenvalue weighted by Crippen LogP contribution is -2.01. The van der Waals surface area contributed by atoms with Crippen molar-refractivity contribution in [3.05, 3.63) is 37.1 Å². The molecule has 0 radical (unpaired) electrons. The van der Waals surface area contributed by atoms with Gasteiger partial charge in [0.2, 0.25) is 0 Å². The lowest BCUT2D eigenvalue weighted by atomic mass is 10.4.